The predicted octanol–water partition coefficient (Wildman–Crippen LogP) is 3.06. The summed E-state index contributed by atoms with van der Waals surface area (Å²) in [6.45, 7) is 6.71. The van der Waals surface area contributed by atoms with E-state index in [1.165, 1.54) is 12.0 Å². The average molecular weight is 206 g/mol. The third-order valence-electron chi connectivity index (χ3n) is 3.32. The van der Waals surface area contributed by atoms with Gasteiger partial charge in [-0.25, -0.2) is 0 Å². The summed E-state index contributed by atoms with van der Waals surface area (Å²) in [6.07, 6.45) is 1.18. The lowest BCUT2D eigenvalue weighted by Crippen LogP contribution is -2.31. The van der Waals surface area contributed by atoms with Crippen LogP contribution in [0.5, 0.6) is 0 Å². The van der Waals surface area contributed by atoms with Crippen molar-refractivity contribution >= 4 is 5.69 Å². The molecule has 0 amide bonds. The molecule has 0 fully saturated rings. The summed E-state index contributed by atoms with van der Waals surface area (Å²) in [7, 11) is 2.18. The minimum atomic E-state index is 0.445. The molecule has 0 aromatic heterocycles. The topological polar surface area (TPSA) is 29.3 Å². The molecule has 0 saturated carbocycles. The molecule has 1 aromatic rings. The molecule has 1 aromatic carbocycles. The molecule has 2 atom stereocenters. The quantitative estimate of drug-likeness (QED) is 0.767. The van der Waals surface area contributed by atoms with Crippen molar-refractivity contribution in [3.8, 4) is 0 Å². The van der Waals surface area contributed by atoms with Gasteiger partial charge in [-0.15, -0.1) is 0 Å². The highest BCUT2D eigenvalue weighted by atomic mass is 15.1. The van der Waals surface area contributed by atoms with E-state index in [4.69, 9.17) is 5.73 Å². The molecule has 2 unspecified atom stereocenters. The van der Waals surface area contributed by atoms with Crippen LogP contribution in [0, 0.1) is 0 Å². The van der Waals surface area contributed by atoms with Crippen molar-refractivity contribution in [2.75, 3.05) is 12.8 Å². The summed E-state index contributed by atoms with van der Waals surface area (Å²) < 4.78 is 0. The van der Waals surface area contributed by atoms with E-state index >= 15 is 0 Å². The van der Waals surface area contributed by atoms with Gasteiger partial charge >= 0.3 is 0 Å². The van der Waals surface area contributed by atoms with Gasteiger partial charge in [0.25, 0.3) is 0 Å². The van der Waals surface area contributed by atoms with Crippen molar-refractivity contribution in [1.29, 1.82) is 0 Å². The fourth-order valence-corrected chi connectivity index (χ4v) is 1.68. The Balaban J connectivity index is 2.75. The molecule has 0 spiro atoms. The number of rotatable bonds is 4. The fourth-order valence-electron chi connectivity index (χ4n) is 1.68. The van der Waals surface area contributed by atoms with E-state index in [1.54, 1.807) is 0 Å². The SMILES string of the molecule is CCC(C)N(C)C(C)c1ccc(N)cc1. The summed E-state index contributed by atoms with van der Waals surface area (Å²) in [4.78, 5) is 2.39. The van der Waals surface area contributed by atoms with Gasteiger partial charge < -0.3 is 5.73 Å². The minimum Gasteiger partial charge on any atom is -0.399 e. The molecule has 0 bridgehead atoms. The number of nitrogen functional groups attached to an aromatic ring is 1. The number of hydrogen-bond donors (Lipinski definition) is 1. The summed E-state index contributed by atoms with van der Waals surface area (Å²) in [5.41, 5.74) is 7.83. The van der Waals surface area contributed by atoms with Crippen LogP contribution >= 0.6 is 0 Å². The Kier molecular flexibility index (Phi) is 4.15. The van der Waals surface area contributed by atoms with Gasteiger partial charge in [-0.3, -0.25) is 4.90 Å². The van der Waals surface area contributed by atoms with Gasteiger partial charge in [0, 0.05) is 17.8 Å². The Morgan fingerprint density at radius 2 is 1.73 bits per heavy atom. The molecule has 0 radical (unpaired) electrons. The third kappa shape index (κ3) is 2.96. The number of hydrogen-bond acceptors (Lipinski definition) is 2. The molecule has 0 aliphatic heterocycles. The van der Waals surface area contributed by atoms with Gasteiger partial charge in [-0.05, 0) is 45.0 Å². The van der Waals surface area contributed by atoms with Crippen LogP contribution in [-0.4, -0.2) is 18.0 Å². The summed E-state index contributed by atoms with van der Waals surface area (Å²) in [6, 6.07) is 9.21. The zero-order chi connectivity index (χ0) is 11.4. The summed E-state index contributed by atoms with van der Waals surface area (Å²) >= 11 is 0. The van der Waals surface area contributed by atoms with E-state index in [0.29, 0.717) is 12.1 Å². The van der Waals surface area contributed by atoms with Gasteiger partial charge in [0.05, 0.1) is 0 Å². The highest BCUT2D eigenvalue weighted by Crippen LogP contribution is 2.22. The van der Waals surface area contributed by atoms with Gasteiger partial charge in [-0.2, -0.15) is 0 Å². The Hall–Kier alpha value is -1.02. The van der Waals surface area contributed by atoms with Crippen LogP contribution < -0.4 is 5.73 Å². The van der Waals surface area contributed by atoms with E-state index in [1.807, 2.05) is 12.1 Å². The highest BCUT2D eigenvalue weighted by Gasteiger charge is 2.15. The van der Waals surface area contributed by atoms with Gasteiger partial charge in [0.1, 0.15) is 0 Å². The normalized spacial score (nSPS) is 15.3. The highest BCUT2D eigenvalue weighted by molar-refractivity contribution is 5.40. The first-order valence-electron chi connectivity index (χ1n) is 5.63. The summed E-state index contributed by atoms with van der Waals surface area (Å²) in [5.74, 6) is 0. The van der Waals surface area contributed by atoms with Crippen LogP contribution in [0.25, 0.3) is 0 Å². The Labute approximate surface area is 93.1 Å². The van der Waals surface area contributed by atoms with Gasteiger partial charge in [0.2, 0.25) is 0 Å². The molecule has 15 heavy (non-hydrogen) atoms. The molecule has 1 rings (SSSR count). The Bertz CT molecular complexity index is 292. The van der Waals surface area contributed by atoms with Gasteiger partial charge in [0.15, 0.2) is 0 Å². The van der Waals surface area contributed by atoms with E-state index in [9.17, 15) is 0 Å². The monoisotopic (exact) mass is 206 g/mol. The molecule has 0 aliphatic rings. The second kappa shape index (κ2) is 5.17. The van der Waals surface area contributed by atoms with E-state index < -0.39 is 0 Å². The van der Waals surface area contributed by atoms with Crippen LogP contribution in [0.4, 0.5) is 5.69 Å². The van der Waals surface area contributed by atoms with Crippen LogP contribution in [0.1, 0.15) is 38.8 Å². The molecule has 2 N–H and O–H groups in total. The van der Waals surface area contributed by atoms with Crippen molar-refractivity contribution in [2.24, 2.45) is 0 Å². The largest absolute Gasteiger partial charge is 0.399 e. The van der Waals surface area contributed by atoms with Crippen LogP contribution in [0.2, 0.25) is 0 Å². The summed E-state index contributed by atoms with van der Waals surface area (Å²) in [5, 5.41) is 0. The fraction of sp³-hybridized carbons (Fsp3) is 0.538. The number of anilines is 1. The lowest BCUT2D eigenvalue weighted by molar-refractivity contribution is 0.193. The number of benzene rings is 1. The van der Waals surface area contributed by atoms with Crippen LogP contribution in [-0.2, 0) is 0 Å². The molecule has 2 heteroatoms. The van der Waals surface area contributed by atoms with E-state index in [2.05, 4.69) is 44.9 Å². The number of nitrogens with zero attached hydrogens (tertiary/aromatic N) is 1. The first-order valence-corrected chi connectivity index (χ1v) is 5.63. The molecule has 0 saturated heterocycles. The maximum atomic E-state index is 5.68. The first-order chi connectivity index (χ1) is 7.06. The standard InChI is InChI=1S/C13H22N2/c1-5-10(2)15(4)11(3)12-6-8-13(14)9-7-12/h6-11H,5,14H2,1-4H3. The molecule has 2 nitrogen and oxygen atoms in total. The lowest BCUT2D eigenvalue weighted by Gasteiger charge is -2.30. The van der Waals surface area contributed by atoms with E-state index in [0.717, 1.165) is 5.69 Å². The zero-order valence-corrected chi connectivity index (χ0v) is 10.2. The Morgan fingerprint density at radius 3 is 2.20 bits per heavy atom. The minimum absolute atomic E-state index is 0.445. The molecular weight excluding hydrogens is 184 g/mol. The molecule has 0 heterocycles. The third-order valence-corrected chi connectivity index (χ3v) is 3.32. The van der Waals surface area contributed by atoms with Crippen molar-refractivity contribution in [1.82, 2.24) is 4.90 Å². The van der Waals surface area contributed by atoms with E-state index in [-0.39, 0.29) is 0 Å². The first kappa shape index (κ1) is 12.1. The van der Waals surface area contributed by atoms with Gasteiger partial charge in [-0.1, -0.05) is 19.1 Å². The molecular formula is C13H22N2. The van der Waals surface area contributed by atoms with Crippen molar-refractivity contribution < 1.29 is 0 Å². The van der Waals surface area contributed by atoms with Crippen molar-refractivity contribution in [3.05, 3.63) is 29.8 Å². The Morgan fingerprint density at radius 1 is 1.20 bits per heavy atom. The average Bonchev–Trinajstić information content (AvgIpc) is 2.27. The smallest absolute Gasteiger partial charge is 0.0319 e. The molecule has 0 aliphatic carbocycles. The lowest BCUT2D eigenvalue weighted by atomic mass is 10.0. The maximum absolute atomic E-state index is 5.68. The second-order valence-electron chi connectivity index (χ2n) is 4.27. The maximum Gasteiger partial charge on any atom is 0.0319 e. The number of nitrogens with two attached hydrogens (primary N) is 1. The second-order valence-corrected chi connectivity index (χ2v) is 4.27. The predicted molar refractivity (Wildman–Crippen MR) is 66.8 cm³/mol. The molecule has 84 valence electrons. The van der Waals surface area contributed by atoms with Crippen LogP contribution in [0.3, 0.4) is 0 Å². The van der Waals surface area contributed by atoms with Crippen molar-refractivity contribution in [3.63, 3.8) is 0 Å². The zero-order valence-electron chi connectivity index (χ0n) is 10.2. The van der Waals surface area contributed by atoms with Crippen LogP contribution in [0.15, 0.2) is 24.3 Å². The van der Waals surface area contributed by atoms with Crippen molar-refractivity contribution in [2.45, 2.75) is 39.3 Å².